The molecule has 0 spiro atoms. The number of ether oxygens (including phenoxy) is 1. The topological polar surface area (TPSA) is 46.6 Å². The van der Waals surface area contributed by atoms with E-state index in [-0.39, 0.29) is 11.9 Å². The van der Waals surface area contributed by atoms with Crippen molar-refractivity contribution in [1.29, 1.82) is 0 Å². The first-order valence-electron chi connectivity index (χ1n) is 5.80. The summed E-state index contributed by atoms with van der Waals surface area (Å²) < 4.78 is 4.99. The Labute approximate surface area is 111 Å². The minimum atomic E-state index is -0.420. The molecular weight excluding hydrogens is 262 g/mol. The third-order valence-electron chi connectivity index (χ3n) is 2.53. The number of thioether (sulfide) groups is 1. The second-order valence-corrected chi connectivity index (χ2v) is 5.25. The lowest BCUT2D eigenvalue weighted by molar-refractivity contribution is -0.153. The van der Waals surface area contributed by atoms with Crippen molar-refractivity contribution in [2.24, 2.45) is 0 Å². The largest absolute Gasteiger partial charge is 0.464 e. The maximum Gasteiger partial charge on any atom is 0.329 e. The first-order valence-corrected chi connectivity index (χ1v) is 7.49. The zero-order valence-corrected chi connectivity index (χ0v) is 11.6. The fourth-order valence-electron chi connectivity index (χ4n) is 1.70. The van der Waals surface area contributed by atoms with E-state index in [4.69, 9.17) is 16.3 Å². The number of carbonyl (C=O) groups is 2. The number of alkyl halides is 1. The van der Waals surface area contributed by atoms with E-state index in [1.165, 1.54) is 0 Å². The van der Waals surface area contributed by atoms with Crippen molar-refractivity contribution in [2.45, 2.75) is 25.8 Å². The van der Waals surface area contributed by atoms with Crippen LogP contribution >= 0.6 is 23.4 Å². The van der Waals surface area contributed by atoms with Gasteiger partial charge in [0.15, 0.2) is 0 Å². The summed E-state index contributed by atoms with van der Waals surface area (Å²) in [6, 6.07) is -0.420. The van der Waals surface area contributed by atoms with Crippen molar-refractivity contribution in [2.75, 3.05) is 30.5 Å². The fourth-order valence-corrected chi connectivity index (χ4v) is 2.86. The van der Waals surface area contributed by atoms with Gasteiger partial charge in [-0.15, -0.1) is 11.6 Å². The van der Waals surface area contributed by atoms with Crippen LogP contribution in [-0.2, 0) is 14.3 Å². The number of carbonyl (C=O) groups excluding carboxylic acids is 2. The Morgan fingerprint density at radius 2 is 2.29 bits per heavy atom. The van der Waals surface area contributed by atoms with Crippen molar-refractivity contribution in [3.63, 3.8) is 0 Å². The molecule has 0 saturated carbocycles. The molecule has 0 bridgehead atoms. The van der Waals surface area contributed by atoms with Gasteiger partial charge in [0.1, 0.15) is 6.04 Å². The first kappa shape index (κ1) is 14.6. The Morgan fingerprint density at radius 1 is 1.53 bits per heavy atom. The number of hydrogen-bond donors (Lipinski definition) is 0. The predicted octanol–water partition coefficient (Wildman–Crippen LogP) is 1.51. The SMILES string of the molecule is CCOC(=O)C1CSCCN1C(=O)CCCCl. The van der Waals surface area contributed by atoms with E-state index in [1.807, 2.05) is 0 Å². The van der Waals surface area contributed by atoms with Crippen LogP contribution < -0.4 is 0 Å². The van der Waals surface area contributed by atoms with E-state index >= 15 is 0 Å². The van der Waals surface area contributed by atoms with Gasteiger partial charge in [-0.1, -0.05) is 0 Å². The minimum absolute atomic E-state index is 0.00371. The molecule has 1 aliphatic rings. The summed E-state index contributed by atoms with van der Waals surface area (Å²) in [4.78, 5) is 25.3. The van der Waals surface area contributed by atoms with Gasteiger partial charge in [-0.3, -0.25) is 4.79 Å². The van der Waals surface area contributed by atoms with E-state index in [0.29, 0.717) is 37.6 Å². The molecule has 0 aliphatic carbocycles. The smallest absolute Gasteiger partial charge is 0.329 e. The average Bonchev–Trinajstić information content (AvgIpc) is 2.36. The Kier molecular flexibility index (Phi) is 6.73. The highest BCUT2D eigenvalue weighted by Crippen LogP contribution is 2.19. The molecule has 1 rings (SSSR count). The van der Waals surface area contributed by atoms with Gasteiger partial charge in [0.05, 0.1) is 6.61 Å². The Balaban J connectivity index is 2.58. The quantitative estimate of drug-likeness (QED) is 0.565. The third kappa shape index (κ3) is 4.39. The van der Waals surface area contributed by atoms with Gasteiger partial charge in [0.2, 0.25) is 5.91 Å². The molecule has 0 N–H and O–H groups in total. The molecule has 98 valence electrons. The summed E-state index contributed by atoms with van der Waals surface area (Å²) in [5.74, 6) is 1.69. The lowest BCUT2D eigenvalue weighted by atomic mass is 10.2. The summed E-state index contributed by atoms with van der Waals surface area (Å²) >= 11 is 7.25. The molecule has 0 radical (unpaired) electrons. The molecule has 6 heteroatoms. The fraction of sp³-hybridized carbons (Fsp3) is 0.818. The molecule has 0 aromatic heterocycles. The molecule has 1 heterocycles. The summed E-state index contributed by atoms with van der Waals surface area (Å²) in [7, 11) is 0. The van der Waals surface area contributed by atoms with Crippen molar-refractivity contribution in [1.82, 2.24) is 4.90 Å². The molecule has 1 amide bonds. The van der Waals surface area contributed by atoms with E-state index in [1.54, 1.807) is 23.6 Å². The normalized spacial score (nSPS) is 20.1. The maximum absolute atomic E-state index is 11.9. The molecule has 0 aromatic rings. The lowest BCUT2D eigenvalue weighted by Gasteiger charge is -2.33. The maximum atomic E-state index is 11.9. The van der Waals surface area contributed by atoms with Gasteiger partial charge in [-0.05, 0) is 13.3 Å². The molecule has 17 heavy (non-hydrogen) atoms. The van der Waals surface area contributed by atoms with Gasteiger partial charge in [-0.2, -0.15) is 11.8 Å². The van der Waals surface area contributed by atoms with Gasteiger partial charge in [0, 0.05) is 30.4 Å². The summed E-state index contributed by atoms with van der Waals surface area (Å²) in [6.45, 7) is 2.74. The Morgan fingerprint density at radius 3 is 2.94 bits per heavy atom. The minimum Gasteiger partial charge on any atom is -0.464 e. The Bertz CT molecular complexity index is 275. The standard InChI is InChI=1S/C11H18ClNO3S/c1-2-16-11(15)9-8-17-7-6-13(9)10(14)4-3-5-12/h9H,2-8H2,1H3. The van der Waals surface area contributed by atoms with E-state index in [2.05, 4.69) is 0 Å². The van der Waals surface area contributed by atoms with Crippen LogP contribution in [0.25, 0.3) is 0 Å². The molecule has 1 saturated heterocycles. The van der Waals surface area contributed by atoms with Gasteiger partial charge >= 0.3 is 5.97 Å². The van der Waals surface area contributed by atoms with Gasteiger partial charge in [0.25, 0.3) is 0 Å². The zero-order valence-electron chi connectivity index (χ0n) is 9.99. The van der Waals surface area contributed by atoms with Crippen LogP contribution in [0.5, 0.6) is 0 Å². The monoisotopic (exact) mass is 279 g/mol. The van der Waals surface area contributed by atoms with E-state index in [0.717, 1.165) is 5.75 Å². The molecule has 4 nitrogen and oxygen atoms in total. The van der Waals surface area contributed by atoms with Gasteiger partial charge < -0.3 is 9.64 Å². The number of amides is 1. The van der Waals surface area contributed by atoms with E-state index in [9.17, 15) is 9.59 Å². The average molecular weight is 280 g/mol. The lowest BCUT2D eigenvalue weighted by Crippen LogP contribution is -2.50. The van der Waals surface area contributed by atoms with Crippen LogP contribution in [0.1, 0.15) is 19.8 Å². The van der Waals surface area contributed by atoms with Crippen LogP contribution in [-0.4, -0.2) is 53.4 Å². The van der Waals surface area contributed by atoms with Crippen LogP contribution in [0.4, 0.5) is 0 Å². The number of hydrogen-bond acceptors (Lipinski definition) is 4. The van der Waals surface area contributed by atoms with Crippen molar-refractivity contribution < 1.29 is 14.3 Å². The van der Waals surface area contributed by atoms with E-state index < -0.39 is 6.04 Å². The Hall–Kier alpha value is -0.420. The molecule has 1 fully saturated rings. The van der Waals surface area contributed by atoms with Crippen LogP contribution in [0, 0.1) is 0 Å². The summed E-state index contributed by atoms with van der Waals surface area (Å²) in [5.41, 5.74) is 0. The zero-order chi connectivity index (χ0) is 12.7. The summed E-state index contributed by atoms with van der Waals surface area (Å²) in [5, 5.41) is 0. The van der Waals surface area contributed by atoms with Crippen molar-refractivity contribution in [3.8, 4) is 0 Å². The molecule has 0 aromatic carbocycles. The first-order chi connectivity index (χ1) is 8.20. The molecule has 1 unspecified atom stereocenters. The van der Waals surface area contributed by atoms with Gasteiger partial charge in [-0.25, -0.2) is 4.79 Å². The van der Waals surface area contributed by atoms with Crippen LogP contribution in [0.2, 0.25) is 0 Å². The second-order valence-electron chi connectivity index (χ2n) is 3.72. The number of halogens is 1. The third-order valence-corrected chi connectivity index (χ3v) is 3.82. The number of esters is 1. The number of rotatable bonds is 5. The predicted molar refractivity (Wildman–Crippen MR) is 69.4 cm³/mol. The molecule has 1 atom stereocenters. The highest BCUT2D eigenvalue weighted by atomic mass is 35.5. The highest BCUT2D eigenvalue weighted by Gasteiger charge is 2.32. The molecule has 1 aliphatic heterocycles. The van der Waals surface area contributed by atoms with Crippen LogP contribution in [0.3, 0.4) is 0 Å². The van der Waals surface area contributed by atoms with Crippen molar-refractivity contribution >= 4 is 35.2 Å². The number of nitrogens with zero attached hydrogens (tertiary/aromatic N) is 1. The second kappa shape index (κ2) is 7.82. The highest BCUT2D eigenvalue weighted by molar-refractivity contribution is 7.99. The molecular formula is C11H18ClNO3S. The summed E-state index contributed by atoms with van der Waals surface area (Å²) in [6.07, 6.45) is 1.06. The van der Waals surface area contributed by atoms with Crippen LogP contribution in [0.15, 0.2) is 0 Å². The van der Waals surface area contributed by atoms with Crippen molar-refractivity contribution in [3.05, 3.63) is 0 Å².